The lowest BCUT2D eigenvalue weighted by atomic mass is 10.2. The molecule has 1 atom stereocenters. The van der Waals surface area contributed by atoms with Gasteiger partial charge in [0.1, 0.15) is 9.88 Å². The normalized spacial score (nSPS) is 21.1. The van der Waals surface area contributed by atoms with Gasteiger partial charge in [-0.05, 0) is 12.8 Å². The fraction of sp³-hybridized carbons (Fsp3) is 0.600. The van der Waals surface area contributed by atoms with Gasteiger partial charge in [0.05, 0.1) is 12.2 Å². The average molecular weight is 304 g/mol. The Hall–Kier alpha value is -1.03. The molecule has 1 aliphatic rings. The molecule has 2 heterocycles. The molecule has 1 fully saturated rings. The van der Waals surface area contributed by atoms with E-state index < -0.39 is 16.1 Å². The zero-order chi connectivity index (χ0) is 14.2. The van der Waals surface area contributed by atoms with Crippen LogP contribution in [-0.2, 0) is 10.2 Å². The SMILES string of the molecule is CN(C)S(=O)(=O)N1CCC[C@@H]1c1ncc(C(N)=O)s1. The number of aromatic nitrogens is 1. The maximum atomic E-state index is 12.2. The van der Waals surface area contributed by atoms with E-state index in [0.717, 1.165) is 17.8 Å². The van der Waals surface area contributed by atoms with Crippen LogP contribution in [-0.4, -0.2) is 48.6 Å². The van der Waals surface area contributed by atoms with Crippen molar-refractivity contribution < 1.29 is 13.2 Å². The standard InChI is InChI=1S/C10H16N4O3S2/c1-13(2)19(16,17)14-5-3-4-7(14)10-12-6-8(18-10)9(11)15/h6-7H,3-5H2,1-2H3,(H2,11,15)/t7-/m1/s1. The molecule has 2 rings (SSSR count). The van der Waals surface area contributed by atoms with E-state index in [4.69, 9.17) is 5.73 Å². The van der Waals surface area contributed by atoms with Gasteiger partial charge in [-0.2, -0.15) is 17.0 Å². The third kappa shape index (κ3) is 2.64. The van der Waals surface area contributed by atoms with Gasteiger partial charge < -0.3 is 5.73 Å². The Morgan fingerprint density at radius 2 is 2.26 bits per heavy atom. The van der Waals surface area contributed by atoms with Gasteiger partial charge in [-0.25, -0.2) is 4.98 Å². The maximum absolute atomic E-state index is 12.2. The molecule has 1 aliphatic heterocycles. The third-order valence-corrected chi connectivity index (χ3v) is 6.08. The topological polar surface area (TPSA) is 96.6 Å². The Bertz CT molecular complexity index is 581. The predicted molar refractivity (Wildman–Crippen MR) is 71.9 cm³/mol. The van der Waals surface area contributed by atoms with E-state index in [-0.39, 0.29) is 6.04 Å². The Morgan fingerprint density at radius 1 is 1.58 bits per heavy atom. The number of carbonyl (C=O) groups excluding carboxylic acids is 1. The lowest BCUT2D eigenvalue weighted by Gasteiger charge is -2.25. The van der Waals surface area contributed by atoms with Gasteiger partial charge in [0.25, 0.3) is 16.1 Å². The van der Waals surface area contributed by atoms with Gasteiger partial charge in [0.2, 0.25) is 0 Å². The number of hydrogen-bond donors (Lipinski definition) is 1. The zero-order valence-electron chi connectivity index (χ0n) is 10.7. The first-order valence-electron chi connectivity index (χ1n) is 5.79. The first kappa shape index (κ1) is 14.4. The van der Waals surface area contributed by atoms with Crippen molar-refractivity contribution in [2.45, 2.75) is 18.9 Å². The Kier molecular flexibility index (Phi) is 3.90. The van der Waals surface area contributed by atoms with Gasteiger partial charge in [0.15, 0.2) is 0 Å². The number of thiazole rings is 1. The highest BCUT2D eigenvalue weighted by Gasteiger charge is 2.38. The second-order valence-electron chi connectivity index (χ2n) is 4.49. The quantitative estimate of drug-likeness (QED) is 0.858. The molecule has 1 amide bonds. The summed E-state index contributed by atoms with van der Waals surface area (Å²) in [7, 11) is -0.465. The fourth-order valence-electron chi connectivity index (χ4n) is 2.03. The lowest BCUT2D eigenvalue weighted by molar-refractivity contribution is 0.100. The van der Waals surface area contributed by atoms with Crippen molar-refractivity contribution in [1.29, 1.82) is 0 Å². The minimum absolute atomic E-state index is 0.300. The highest BCUT2D eigenvalue weighted by atomic mass is 32.2. The van der Waals surface area contributed by atoms with Crippen molar-refractivity contribution >= 4 is 27.5 Å². The molecular formula is C10H16N4O3S2. The molecule has 1 aromatic heterocycles. The molecular weight excluding hydrogens is 288 g/mol. The van der Waals surface area contributed by atoms with Crippen LogP contribution in [0.5, 0.6) is 0 Å². The fourth-order valence-corrected chi connectivity index (χ4v) is 4.32. The van der Waals surface area contributed by atoms with Crippen LogP contribution in [0.2, 0.25) is 0 Å². The molecule has 0 unspecified atom stereocenters. The second kappa shape index (κ2) is 5.16. The van der Waals surface area contributed by atoms with Crippen molar-refractivity contribution in [2.75, 3.05) is 20.6 Å². The summed E-state index contributed by atoms with van der Waals surface area (Å²) in [6.45, 7) is 0.469. The number of primary amides is 1. The summed E-state index contributed by atoms with van der Waals surface area (Å²) in [6, 6.07) is -0.300. The molecule has 0 saturated carbocycles. The number of nitrogens with zero attached hydrogens (tertiary/aromatic N) is 3. The van der Waals surface area contributed by atoms with E-state index in [1.807, 2.05) is 0 Å². The van der Waals surface area contributed by atoms with Crippen molar-refractivity contribution in [2.24, 2.45) is 5.73 Å². The van der Waals surface area contributed by atoms with Gasteiger partial charge in [-0.3, -0.25) is 4.79 Å². The van der Waals surface area contributed by atoms with Gasteiger partial charge in [0, 0.05) is 20.6 Å². The van der Waals surface area contributed by atoms with E-state index in [9.17, 15) is 13.2 Å². The van der Waals surface area contributed by atoms with Crippen LogP contribution in [0, 0.1) is 0 Å². The summed E-state index contributed by atoms with van der Waals surface area (Å²) in [6.07, 6.45) is 2.89. The predicted octanol–water partition coefficient (Wildman–Crippen LogP) is 0.185. The summed E-state index contributed by atoms with van der Waals surface area (Å²) >= 11 is 1.16. The van der Waals surface area contributed by atoms with Crippen LogP contribution >= 0.6 is 11.3 Å². The molecule has 106 valence electrons. The number of carbonyl (C=O) groups is 1. The summed E-state index contributed by atoms with van der Waals surface area (Å²) in [5.41, 5.74) is 5.19. The van der Waals surface area contributed by atoms with Gasteiger partial charge in [-0.15, -0.1) is 11.3 Å². The van der Waals surface area contributed by atoms with E-state index in [1.54, 1.807) is 0 Å². The molecule has 0 radical (unpaired) electrons. The number of hydrogen-bond acceptors (Lipinski definition) is 5. The second-order valence-corrected chi connectivity index (χ2v) is 7.64. The molecule has 7 nitrogen and oxygen atoms in total. The first-order chi connectivity index (χ1) is 8.84. The number of rotatable bonds is 4. The van der Waals surface area contributed by atoms with E-state index >= 15 is 0 Å². The molecule has 1 saturated heterocycles. The summed E-state index contributed by atoms with van der Waals surface area (Å²) in [5, 5.41) is 0.622. The molecule has 0 aliphatic carbocycles. The monoisotopic (exact) mass is 304 g/mol. The minimum Gasteiger partial charge on any atom is -0.365 e. The van der Waals surface area contributed by atoms with Crippen molar-refractivity contribution in [3.05, 3.63) is 16.1 Å². The molecule has 1 aromatic rings. The Balaban J connectivity index is 2.30. The Morgan fingerprint density at radius 3 is 2.79 bits per heavy atom. The molecule has 0 aromatic carbocycles. The average Bonchev–Trinajstić information content (AvgIpc) is 2.97. The minimum atomic E-state index is -3.47. The maximum Gasteiger partial charge on any atom is 0.282 e. The van der Waals surface area contributed by atoms with Crippen molar-refractivity contribution in [3.8, 4) is 0 Å². The number of nitrogens with two attached hydrogens (primary N) is 1. The molecule has 0 bridgehead atoms. The van der Waals surface area contributed by atoms with E-state index in [1.165, 1.54) is 28.9 Å². The highest BCUT2D eigenvalue weighted by Crippen LogP contribution is 2.36. The van der Waals surface area contributed by atoms with Crippen LogP contribution in [0.1, 0.15) is 33.6 Å². The molecule has 9 heteroatoms. The highest BCUT2D eigenvalue weighted by molar-refractivity contribution is 7.86. The molecule has 2 N–H and O–H groups in total. The van der Waals surface area contributed by atoms with Crippen LogP contribution in [0.15, 0.2) is 6.20 Å². The summed E-state index contributed by atoms with van der Waals surface area (Å²) < 4.78 is 27.0. The van der Waals surface area contributed by atoms with Gasteiger partial charge >= 0.3 is 0 Å². The van der Waals surface area contributed by atoms with Gasteiger partial charge in [-0.1, -0.05) is 0 Å². The third-order valence-electron chi connectivity index (χ3n) is 3.01. The van der Waals surface area contributed by atoms with Crippen molar-refractivity contribution in [1.82, 2.24) is 13.6 Å². The van der Waals surface area contributed by atoms with Crippen LogP contribution in [0.25, 0.3) is 0 Å². The Labute approximate surface area is 116 Å². The van der Waals surface area contributed by atoms with E-state index in [2.05, 4.69) is 4.98 Å². The largest absolute Gasteiger partial charge is 0.365 e. The van der Waals surface area contributed by atoms with Crippen LogP contribution in [0.3, 0.4) is 0 Å². The lowest BCUT2D eigenvalue weighted by Crippen LogP contribution is -2.39. The van der Waals surface area contributed by atoms with E-state index in [0.29, 0.717) is 22.9 Å². The van der Waals surface area contributed by atoms with Crippen LogP contribution < -0.4 is 5.73 Å². The first-order valence-corrected chi connectivity index (χ1v) is 8.00. The van der Waals surface area contributed by atoms with Crippen LogP contribution in [0.4, 0.5) is 0 Å². The smallest absolute Gasteiger partial charge is 0.282 e. The molecule has 0 spiro atoms. The van der Waals surface area contributed by atoms with Crippen molar-refractivity contribution in [3.63, 3.8) is 0 Å². The summed E-state index contributed by atoms with van der Waals surface area (Å²) in [4.78, 5) is 15.6. The molecule has 19 heavy (non-hydrogen) atoms. The zero-order valence-corrected chi connectivity index (χ0v) is 12.4. The summed E-state index contributed by atoms with van der Waals surface area (Å²) in [5.74, 6) is -0.538. The number of amides is 1.